The van der Waals surface area contributed by atoms with Crippen LogP contribution in [0.25, 0.3) is 0 Å². The zero-order valence-corrected chi connectivity index (χ0v) is 13.2. The monoisotopic (exact) mass is 260 g/mol. The Morgan fingerprint density at radius 1 is 1.00 bits per heavy atom. The molecule has 0 saturated heterocycles. The van der Waals surface area contributed by atoms with Gasteiger partial charge < -0.3 is 0 Å². The summed E-state index contributed by atoms with van der Waals surface area (Å²) in [6, 6.07) is 0. The van der Waals surface area contributed by atoms with Crippen LogP contribution in [0.4, 0.5) is 0 Å². The van der Waals surface area contributed by atoms with Crippen LogP contribution in [0.5, 0.6) is 0 Å². The summed E-state index contributed by atoms with van der Waals surface area (Å²) in [4.78, 5) is 0. The fourth-order valence-corrected chi connectivity index (χ4v) is 7.30. The maximum Gasteiger partial charge on any atom is -0.0266 e. The summed E-state index contributed by atoms with van der Waals surface area (Å²) in [5.74, 6) is 7.52. The standard InChI is InChI=1S/C19H32/c1-12-9-18(17-6-4-5-16(12)17)13(2)19(3)11-14-7-8-15(19)10-14/h12-18H,4-11H2,1-3H3. The molecule has 4 fully saturated rings. The Balaban J connectivity index is 1.56. The molecule has 4 aliphatic carbocycles. The van der Waals surface area contributed by atoms with Crippen molar-refractivity contribution in [1.82, 2.24) is 0 Å². The molecule has 0 heteroatoms. The van der Waals surface area contributed by atoms with E-state index in [0.717, 1.165) is 41.4 Å². The van der Waals surface area contributed by atoms with Gasteiger partial charge in [0.1, 0.15) is 0 Å². The van der Waals surface area contributed by atoms with Crippen LogP contribution in [0.1, 0.15) is 72.1 Å². The zero-order chi connectivity index (χ0) is 13.2. The highest BCUT2D eigenvalue weighted by Crippen LogP contribution is 2.64. The van der Waals surface area contributed by atoms with Gasteiger partial charge in [0.2, 0.25) is 0 Å². The quantitative estimate of drug-likeness (QED) is 0.613. The van der Waals surface area contributed by atoms with Crippen molar-refractivity contribution in [3.8, 4) is 0 Å². The molecule has 19 heavy (non-hydrogen) atoms. The van der Waals surface area contributed by atoms with E-state index in [1.54, 1.807) is 44.9 Å². The third kappa shape index (κ3) is 1.70. The second-order valence-electron chi connectivity index (χ2n) is 9.01. The van der Waals surface area contributed by atoms with Crippen molar-refractivity contribution in [2.24, 2.45) is 46.8 Å². The predicted molar refractivity (Wildman–Crippen MR) is 80.8 cm³/mol. The van der Waals surface area contributed by atoms with Gasteiger partial charge >= 0.3 is 0 Å². The van der Waals surface area contributed by atoms with Gasteiger partial charge in [-0.2, -0.15) is 0 Å². The van der Waals surface area contributed by atoms with Crippen molar-refractivity contribution in [3.05, 3.63) is 0 Å². The smallest absolute Gasteiger partial charge is 0.0266 e. The van der Waals surface area contributed by atoms with Crippen molar-refractivity contribution in [1.29, 1.82) is 0 Å². The average Bonchev–Trinajstić information content (AvgIpc) is 3.10. The maximum atomic E-state index is 2.68. The first-order valence-electron chi connectivity index (χ1n) is 9.09. The van der Waals surface area contributed by atoms with E-state index in [1.165, 1.54) is 6.42 Å². The molecule has 0 amide bonds. The van der Waals surface area contributed by atoms with E-state index in [0.29, 0.717) is 5.41 Å². The third-order valence-electron chi connectivity index (χ3n) is 8.43. The molecular formula is C19H32. The third-order valence-corrected chi connectivity index (χ3v) is 8.43. The number of hydrogen-bond donors (Lipinski definition) is 0. The lowest BCUT2D eigenvalue weighted by Crippen LogP contribution is -2.37. The SMILES string of the molecule is CC1CC(C(C)C2(C)CC3CCC2C3)C2CCCC12. The maximum absolute atomic E-state index is 2.68. The first-order chi connectivity index (χ1) is 9.09. The molecule has 108 valence electrons. The molecule has 0 radical (unpaired) electrons. The highest BCUT2D eigenvalue weighted by molar-refractivity contribution is 5.05. The van der Waals surface area contributed by atoms with E-state index < -0.39 is 0 Å². The van der Waals surface area contributed by atoms with Gasteiger partial charge in [0.15, 0.2) is 0 Å². The molecule has 0 spiro atoms. The van der Waals surface area contributed by atoms with Crippen LogP contribution >= 0.6 is 0 Å². The summed E-state index contributed by atoms with van der Waals surface area (Å²) in [7, 11) is 0. The molecule has 8 atom stereocenters. The van der Waals surface area contributed by atoms with Gasteiger partial charge in [-0.1, -0.05) is 33.6 Å². The first-order valence-corrected chi connectivity index (χ1v) is 9.09. The Kier molecular flexibility index (Phi) is 2.84. The Morgan fingerprint density at radius 3 is 2.47 bits per heavy atom. The molecular weight excluding hydrogens is 228 g/mol. The van der Waals surface area contributed by atoms with Gasteiger partial charge in [-0.25, -0.2) is 0 Å². The van der Waals surface area contributed by atoms with Gasteiger partial charge in [-0.3, -0.25) is 0 Å². The van der Waals surface area contributed by atoms with Crippen molar-refractivity contribution in [2.45, 2.75) is 72.1 Å². The van der Waals surface area contributed by atoms with Gasteiger partial charge in [0.25, 0.3) is 0 Å². The molecule has 0 aromatic carbocycles. The summed E-state index contributed by atoms with van der Waals surface area (Å²) >= 11 is 0. The molecule has 0 N–H and O–H groups in total. The van der Waals surface area contributed by atoms with E-state index in [2.05, 4.69) is 20.8 Å². The molecule has 4 saturated carbocycles. The predicted octanol–water partition coefficient (Wildman–Crippen LogP) is 5.52. The minimum absolute atomic E-state index is 0.713. The Bertz CT molecular complexity index is 359. The molecule has 4 rings (SSSR count). The van der Waals surface area contributed by atoms with Crippen molar-refractivity contribution in [3.63, 3.8) is 0 Å². The first kappa shape index (κ1) is 12.7. The fourth-order valence-electron chi connectivity index (χ4n) is 7.30. The largest absolute Gasteiger partial charge is 0.0622 e. The van der Waals surface area contributed by atoms with E-state index in [4.69, 9.17) is 0 Å². The van der Waals surface area contributed by atoms with E-state index in [-0.39, 0.29) is 0 Å². The van der Waals surface area contributed by atoms with Gasteiger partial charge in [-0.05, 0) is 85.4 Å². The van der Waals surface area contributed by atoms with Crippen LogP contribution in [0, 0.1) is 46.8 Å². The van der Waals surface area contributed by atoms with Crippen molar-refractivity contribution < 1.29 is 0 Å². The normalized spacial score (nSPS) is 57.6. The Hall–Kier alpha value is 0. The lowest BCUT2D eigenvalue weighted by Gasteiger charge is -2.44. The van der Waals surface area contributed by atoms with E-state index in [1.807, 2.05) is 0 Å². The topological polar surface area (TPSA) is 0 Å². The molecule has 0 aromatic rings. The number of fused-ring (bicyclic) bond motifs is 3. The van der Waals surface area contributed by atoms with Crippen LogP contribution in [-0.4, -0.2) is 0 Å². The molecule has 8 unspecified atom stereocenters. The zero-order valence-electron chi connectivity index (χ0n) is 13.2. The van der Waals surface area contributed by atoms with Gasteiger partial charge in [0.05, 0.1) is 0 Å². The van der Waals surface area contributed by atoms with E-state index in [9.17, 15) is 0 Å². The molecule has 2 bridgehead atoms. The summed E-state index contributed by atoms with van der Waals surface area (Å²) < 4.78 is 0. The highest BCUT2D eigenvalue weighted by atomic mass is 14.6. The number of hydrogen-bond acceptors (Lipinski definition) is 0. The van der Waals surface area contributed by atoms with E-state index >= 15 is 0 Å². The second-order valence-corrected chi connectivity index (χ2v) is 9.01. The van der Waals surface area contributed by atoms with Crippen LogP contribution in [0.15, 0.2) is 0 Å². The summed E-state index contributed by atoms with van der Waals surface area (Å²) in [6.07, 6.45) is 12.5. The lowest BCUT2D eigenvalue weighted by atomic mass is 9.61. The van der Waals surface area contributed by atoms with Crippen LogP contribution < -0.4 is 0 Å². The lowest BCUT2D eigenvalue weighted by molar-refractivity contribution is 0.0481. The summed E-state index contributed by atoms with van der Waals surface area (Å²) in [5, 5.41) is 0. The fraction of sp³-hybridized carbons (Fsp3) is 1.00. The van der Waals surface area contributed by atoms with Crippen LogP contribution in [0.3, 0.4) is 0 Å². The van der Waals surface area contributed by atoms with Crippen molar-refractivity contribution >= 4 is 0 Å². The molecule has 0 heterocycles. The average molecular weight is 260 g/mol. The van der Waals surface area contributed by atoms with Crippen LogP contribution in [0.2, 0.25) is 0 Å². The molecule has 0 nitrogen and oxygen atoms in total. The molecule has 0 aliphatic heterocycles. The van der Waals surface area contributed by atoms with Crippen molar-refractivity contribution in [2.75, 3.05) is 0 Å². The number of rotatable bonds is 2. The molecule has 0 aromatic heterocycles. The highest BCUT2D eigenvalue weighted by Gasteiger charge is 2.55. The Morgan fingerprint density at radius 2 is 1.79 bits per heavy atom. The summed E-state index contributed by atoms with van der Waals surface area (Å²) in [6.45, 7) is 7.88. The minimum atomic E-state index is 0.713. The van der Waals surface area contributed by atoms with Gasteiger partial charge in [0, 0.05) is 0 Å². The van der Waals surface area contributed by atoms with Crippen LogP contribution in [-0.2, 0) is 0 Å². The Labute approximate surface area is 119 Å². The molecule has 4 aliphatic rings. The second kappa shape index (κ2) is 4.25. The summed E-state index contributed by atoms with van der Waals surface area (Å²) in [5.41, 5.74) is 0.713. The van der Waals surface area contributed by atoms with Gasteiger partial charge in [-0.15, -0.1) is 0 Å². The minimum Gasteiger partial charge on any atom is -0.0622 e.